The minimum atomic E-state index is -0.323. The molecule has 0 saturated heterocycles. The second-order valence-corrected chi connectivity index (χ2v) is 3.97. The van der Waals surface area contributed by atoms with Crippen LogP contribution >= 0.6 is 0 Å². The fourth-order valence-electron chi connectivity index (χ4n) is 1.24. The molecule has 98 valence electrons. The first kappa shape index (κ1) is 14.1. The van der Waals surface area contributed by atoms with Gasteiger partial charge in [-0.25, -0.2) is 4.39 Å². The van der Waals surface area contributed by atoms with E-state index in [0.717, 1.165) is 0 Å². The van der Waals surface area contributed by atoms with Gasteiger partial charge < -0.3 is 16.2 Å². The van der Waals surface area contributed by atoms with Gasteiger partial charge in [-0.1, -0.05) is 6.07 Å². The predicted molar refractivity (Wildman–Crippen MR) is 69.7 cm³/mol. The molecule has 0 amide bonds. The molecule has 0 aliphatic carbocycles. The van der Waals surface area contributed by atoms with E-state index in [1.54, 1.807) is 6.07 Å². The van der Waals surface area contributed by atoms with Gasteiger partial charge in [0.1, 0.15) is 5.82 Å². The number of guanidine groups is 1. The number of nitrogens with two attached hydrogens (primary N) is 2. The molecular weight excluding hydrogens is 235 g/mol. The van der Waals surface area contributed by atoms with E-state index in [9.17, 15) is 4.39 Å². The van der Waals surface area contributed by atoms with E-state index in [4.69, 9.17) is 16.2 Å². The zero-order valence-electron chi connectivity index (χ0n) is 10.4. The molecule has 0 unspecified atom stereocenters. The largest absolute Gasteiger partial charge is 0.374 e. The Kier molecular flexibility index (Phi) is 5.26. The fourth-order valence-corrected chi connectivity index (χ4v) is 1.24. The maximum atomic E-state index is 13.2. The van der Waals surface area contributed by atoms with Crippen LogP contribution < -0.4 is 11.5 Å². The number of hydrogen-bond donors (Lipinski definition) is 2. The molecule has 0 aliphatic heterocycles. The van der Waals surface area contributed by atoms with Gasteiger partial charge in [-0.2, -0.15) is 5.10 Å². The Morgan fingerprint density at radius 2 is 2.17 bits per heavy atom. The minimum absolute atomic E-state index is 0.0655. The van der Waals surface area contributed by atoms with Gasteiger partial charge in [0, 0.05) is 5.56 Å². The smallest absolute Gasteiger partial charge is 0.211 e. The summed E-state index contributed by atoms with van der Waals surface area (Å²) in [6.07, 6.45) is 1.52. The predicted octanol–water partition coefficient (Wildman–Crippen LogP) is 1.36. The number of benzene rings is 1. The first-order valence-corrected chi connectivity index (χ1v) is 5.51. The fraction of sp³-hybridized carbons (Fsp3) is 0.333. The normalized spacial score (nSPS) is 11.1. The summed E-state index contributed by atoms with van der Waals surface area (Å²) in [5.41, 5.74) is 11.7. The van der Waals surface area contributed by atoms with Crippen molar-refractivity contribution < 1.29 is 9.13 Å². The molecule has 0 bridgehead atoms. The van der Waals surface area contributed by atoms with Gasteiger partial charge in [0.05, 0.1) is 18.9 Å². The molecule has 0 fully saturated rings. The molecule has 4 N–H and O–H groups in total. The van der Waals surface area contributed by atoms with E-state index in [1.165, 1.54) is 18.3 Å². The average molecular weight is 252 g/mol. The summed E-state index contributed by atoms with van der Waals surface area (Å²) in [5, 5.41) is 7.18. The number of rotatable bonds is 5. The third kappa shape index (κ3) is 4.92. The maximum absolute atomic E-state index is 13.2. The summed E-state index contributed by atoms with van der Waals surface area (Å²) < 4.78 is 18.6. The van der Waals surface area contributed by atoms with Crippen LogP contribution in [0.25, 0.3) is 0 Å². The highest BCUT2D eigenvalue weighted by Gasteiger charge is 2.04. The highest BCUT2D eigenvalue weighted by Crippen LogP contribution is 2.12. The number of nitrogens with zero attached hydrogens (tertiary/aromatic N) is 2. The quantitative estimate of drug-likeness (QED) is 0.471. The van der Waals surface area contributed by atoms with Gasteiger partial charge in [0.25, 0.3) is 0 Å². The SMILES string of the molecule is CC(C)OCc1cc(F)ccc1C=NN=C(N)N. The van der Waals surface area contributed by atoms with Crippen LogP contribution in [0.1, 0.15) is 25.0 Å². The Balaban J connectivity index is 2.89. The van der Waals surface area contributed by atoms with Crippen LogP contribution in [0.15, 0.2) is 28.4 Å². The zero-order chi connectivity index (χ0) is 13.5. The summed E-state index contributed by atoms with van der Waals surface area (Å²) in [5.74, 6) is -0.454. The molecule has 5 nitrogen and oxygen atoms in total. The average Bonchev–Trinajstić information content (AvgIpc) is 2.28. The topological polar surface area (TPSA) is 86.0 Å². The minimum Gasteiger partial charge on any atom is -0.374 e. The lowest BCUT2D eigenvalue weighted by molar-refractivity contribution is 0.0655. The molecule has 0 heterocycles. The molecule has 0 saturated carbocycles. The van der Waals surface area contributed by atoms with Crippen LogP contribution in [0, 0.1) is 5.82 Å². The second kappa shape index (κ2) is 6.70. The van der Waals surface area contributed by atoms with Crippen molar-refractivity contribution in [2.75, 3.05) is 0 Å². The summed E-state index contributed by atoms with van der Waals surface area (Å²) in [6.45, 7) is 4.12. The van der Waals surface area contributed by atoms with Crippen molar-refractivity contribution in [3.05, 3.63) is 35.1 Å². The Hall–Kier alpha value is -1.95. The summed E-state index contributed by atoms with van der Waals surface area (Å²) in [7, 11) is 0. The van der Waals surface area contributed by atoms with Crippen LogP contribution in [0.2, 0.25) is 0 Å². The third-order valence-corrected chi connectivity index (χ3v) is 2.05. The molecule has 0 aromatic heterocycles. The number of halogens is 1. The lowest BCUT2D eigenvalue weighted by atomic mass is 10.1. The monoisotopic (exact) mass is 252 g/mol. The highest BCUT2D eigenvalue weighted by molar-refractivity contribution is 5.83. The van der Waals surface area contributed by atoms with E-state index in [2.05, 4.69) is 10.2 Å². The third-order valence-electron chi connectivity index (χ3n) is 2.05. The Morgan fingerprint density at radius 3 is 2.78 bits per heavy atom. The highest BCUT2D eigenvalue weighted by atomic mass is 19.1. The van der Waals surface area contributed by atoms with Gasteiger partial charge in [-0.15, -0.1) is 5.10 Å². The Bertz CT molecular complexity index is 453. The summed E-state index contributed by atoms with van der Waals surface area (Å²) >= 11 is 0. The molecule has 0 atom stereocenters. The van der Waals surface area contributed by atoms with Crippen molar-refractivity contribution in [3.8, 4) is 0 Å². The molecule has 1 aromatic rings. The van der Waals surface area contributed by atoms with Crippen LogP contribution in [-0.4, -0.2) is 18.3 Å². The van der Waals surface area contributed by atoms with Crippen molar-refractivity contribution in [1.82, 2.24) is 0 Å². The van der Waals surface area contributed by atoms with Crippen molar-refractivity contribution in [1.29, 1.82) is 0 Å². The molecule has 0 spiro atoms. The van der Waals surface area contributed by atoms with Gasteiger partial charge in [-0.3, -0.25) is 0 Å². The molecule has 18 heavy (non-hydrogen) atoms. The van der Waals surface area contributed by atoms with Crippen LogP contribution in [0.3, 0.4) is 0 Å². The van der Waals surface area contributed by atoms with Gasteiger partial charge in [-0.05, 0) is 31.5 Å². The van der Waals surface area contributed by atoms with Crippen molar-refractivity contribution in [2.45, 2.75) is 26.6 Å². The Labute approximate surface area is 105 Å². The Morgan fingerprint density at radius 1 is 1.44 bits per heavy atom. The summed E-state index contributed by atoms with van der Waals surface area (Å²) in [4.78, 5) is 0. The molecule has 1 rings (SSSR count). The van der Waals surface area contributed by atoms with Gasteiger partial charge in [0.2, 0.25) is 5.96 Å². The van der Waals surface area contributed by atoms with E-state index in [0.29, 0.717) is 17.7 Å². The zero-order valence-corrected chi connectivity index (χ0v) is 10.4. The van der Waals surface area contributed by atoms with Crippen molar-refractivity contribution in [2.24, 2.45) is 21.7 Å². The van der Waals surface area contributed by atoms with E-state index in [-0.39, 0.29) is 17.9 Å². The standard InChI is InChI=1S/C12H17FN4O/c1-8(2)18-7-10-5-11(13)4-3-9(10)6-16-17-12(14)15/h3-6,8H,7H2,1-2H3,(H4,14,15,17). The lowest BCUT2D eigenvalue weighted by Crippen LogP contribution is -2.21. The first-order chi connectivity index (χ1) is 8.49. The van der Waals surface area contributed by atoms with E-state index < -0.39 is 0 Å². The van der Waals surface area contributed by atoms with E-state index in [1.807, 2.05) is 13.8 Å². The molecule has 0 radical (unpaired) electrons. The van der Waals surface area contributed by atoms with Crippen LogP contribution in [0.5, 0.6) is 0 Å². The maximum Gasteiger partial charge on any atom is 0.211 e. The number of ether oxygens (including phenoxy) is 1. The second-order valence-electron chi connectivity index (χ2n) is 3.97. The molecule has 0 aliphatic rings. The van der Waals surface area contributed by atoms with Crippen molar-refractivity contribution >= 4 is 12.2 Å². The molecule has 6 heteroatoms. The van der Waals surface area contributed by atoms with Crippen molar-refractivity contribution in [3.63, 3.8) is 0 Å². The van der Waals surface area contributed by atoms with Gasteiger partial charge >= 0.3 is 0 Å². The number of hydrogen-bond acceptors (Lipinski definition) is 3. The van der Waals surface area contributed by atoms with Gasteiger partial charge in [0.15, 0.2) is 0 Å². The van der Waals surface area contributed by atoms with Crippen LogP contribution in [-0.2, 0) is 11.3 Å². The first-order valence-electron chi connectivity index (χ1n) is 5.51. The summed E-state index contributed by atoms with van der Waals surface area (Å²) in [6, 6.07) is 4.34. The lowest BCUT2D eigenvalue weighted by Gasteiger charge is -2.09. The molecule has 1 aromatic carbocycles. The van der Waals surface area contributed by atoms with Crippen LogP contribution in [0.4, 0.5) is 4.39 Å². The van der Waals surface area contributed by atoms with E-state index >= 15 is 0 Å². The molecular formula is C12H17FN4O.